The van der Waals surface area contributed by atoms with Crippen molar-refractivity contribution in [3.05, 3.63) is 46.6 Å². The number of benzene rings is 1. The van der Waals surface area contributed by atoms with E-state index in [2.05, 4.69) is 20.9 Å². The van der Waals surface area contributed by atoms with Crippen LogP contribution in [-0.2, 0) is 0 Å². The van der Waals surface area contributed by atoms with E-state index >= 15 is 0 Å². The molecule has 18 heavy (non-hydrogen) atoms. The van der Waals surface area contributed by atoms with Gasteiger partial charge in [0.05, 0.1) is 5.69 Å². The zero-order chi connectivity index (χ0) is 13.1. The quantitative estimate of drug-likeness (QED) is 0.910. The molecule has 1 heterocycles. The Labute approximate surface area is 111 Å². The fourth-order valence-corrected chi connectivity index (χ4v) is 1.53. The first-order valence-electron chi connectivity index (χ1n) is 4.99. The van der Waals surface area contributed by atoms with Crippen LogP contribution >= 0.6 is 15.9 Å². The Morgan fingerprint density at radius 1 is 1.22 bits per heavy atom. The molecule has 0 spiro atoms. The predicted octanol–water partition coefficient (Wildman–Crippen LogP) is 2.92. The fraction of sp³-hybridized carbons (Fsp3) is 0. The molecule has 92 valence electrons. The minimum absolute atomic E-state index is 0.0808. The highest BCUT2D eigenvalue weighted by Crippen LogP contribution is 2.26. The third-order valence-corrected chi connectivity index (χ3v) is 2.67. The number of carboxylic acids is 1. The maximum atomic E-state index is 10.8. The molecule has 1 aromatic heterocycles. The van der Waals surface area contributed by atoms with E-state index in [9.17, 15) is 4.79 Å². The molecule has 0 unspecified atom stereocenters. The molecule has 3 N–H and O–H groups in total. The topological polar surface area (TPSA) is 85.4 Å². The molecule has 0 radical (unpaired) electrons. The number of aromatic carboxylic acids is 1. The van der Waals surface area contributed by atoms with E-state index in [-0.39, 0.29) is 17.3 Å². The third kappa shape index (κ3) is 2.78. The molecule has 0 saturated carbocycles. The number of hydrogen-bond donors (Lipinski definition) is 2. The van der Waals surface area contributed by atoms with Gasteiger partial charge in [-0.15, -0.1) is 0 Å². The number of nitrogen functional groups attached to an aromatic ring is 1. The summed E-state index contributed by atoms with van der Waals surface area (Å²) in [6.07, 6.45) is 0. The van der Waals surface area contributed by atoms with Crippen LogP contribution in [0.1, 0.15) is 10.5 Å². The van der Waals surface area contributed by atoms with Crippen LogP contribution in [0.25, 0.3) is 0 Å². The first-order chi connectivity index (χ1) is 8.56. The number of carbonyl (C=O) groups is 1. The molecule has 5 nitrogen and oxygen atoms in total. The Hall–Kier alpha value is -2.08. The zero-order valence-electron chi connectivity index (χ0n) is 9.13. The largest absolute Gasteiger partial charge is 0.477 e. The normalized spacial score (nSPS) is 10.1. The molecule has 1 aromatic carbocycles. The minimum Gasteiger partial charge on any atom is -0.477 e. The van der Waals surface area contributed by atoms with Gasteiger partial charge in [-0.25, -0.2) is 9.78 Å². The summed E-state index contributed by atoms with van der Waals surface area (Å²) in [6.45, 7) is 0. The van der Waals surface area contributed by atoms with Gasteiger partial charge in [0.1, 0.15) is 5.75 Å². The van der Waals surface area contributed by atoms with E-state index < -0.39 is 5.97 Å². The molecule has 0 aliphatic heterocycles. The van der Waals surface area contributed by atoms with Crippen LogP contribution in [-0.4, -0.2) is 16.1 Å². The number of aromatic nitrogens is 1. The lowest BCUT2D eigenvalue weighted by atomic mass is 10.3. The molecule has 6 heteroatoms. The summed E-state index contributed by atoms with van der Waals surface area (Å²) in [5.41, 5.74) is 5.84. The molecule has 0 amide bonds. The SMILES string of the molecule is Nc1ccc(C(=O)O)nc1Oc1ccc(Br)cc1. The molecule has 0 bridgehead atoms. The van der Waals surface area contributed by atoms with Crippen LogP contribution in [0, 0.1) is 0 Å². The van der Waals surface area contributed by atoms with Gasteiger partial charge < -0.3 is 15.6 Å². The van der Waals surface area contributed by atoms with Gasteiger partial charge in [-0.1, -0.05) is 15.9 Å². The monoisotopic (exact) mass is 308 g/mol. The molecule has 0 fully saturated rings. The Bertz CT molecular complexity index is 584. The van der Waals surface area contributed by atoms with E-state index in [0.29, 0.717) is 5.75 Å². The summed E-state index contributed by atoms with van der Waals surface area (Å²) in [5.74, 6) is -0.521. The van der Waals surface area contributed by atoms with Crippen LogP contribution in [0.15, 0.2) is 40.9 Å². The molecule has 2 rings (SSSR count). The smallest absolute Gasteiger partial charge is 0.354 e. The number of ether oxygens (including phenoxy) is 1. The van der Waals surface area contributed by atoms with Crippen LogP contribution in [0.5, 0.6) is 11.6 Å². The molecular weight excluding hydrogens is 300 g/mol. The lowest BCUT2D eigenvalue weighted by molar-refractivity contribution is 0.0689. The van der Waals surface area contributed by atoms with E-state index in [1.54, 1.807) is 24.3 Å². The van der Waals surface area contributed by atoms with Crippen LogP contribution in [0.3, 0.4) is 0 Å². The summed E-state index contributed by atoms with van der Waals surface area (Å²) in [7, 11) is 0. The number of nitrogens with two attached hydrogens (primary N) is 1. The van der Waals surface area contributed by atoms with Gasteiger partial charge in [0.15, 0.2) is 5.69 Å². The van der Waals surface area contributed by atoms with E-state index in [0.717, 1.165) is 4.47 Å². The van der Waals surface area contributed by atoms with Crippen molar-refractivity contribution in [3.63, 3.8) is 0 Å². The van der Waals surface area contributed by atoms with E-state index in [1.807, 2.05) is 0 Å². The average molecular weight is 309 g/mol. The highest BCUT2D eigenvalue weighted by molar-refractivity contribution is 9.10. The third-order valence-electron chi connectivity index (χ3n) is 2.14. The van der Waals surface area contributed by atoms with Gasteiger partial charge in [-0.05, 0) is 36.4 Å². The number of rotatable bonds is 3. The highest BCUT2D eigenvalue weighted by atomic mass is 79.9. The maximum Gasteiger partial charge on any atom is 0.354 e. The van der Waals surface area contributed by atoms with Crippen LogP contribution in [0.4, 0.5) is 5.69 Å². The highest BCUT2D eigenvalue weighted by Gasteiger charge is 2.10. The predicted molar refractivity (Wildman–Crippen MR) is 69.8 cm³/mol. The number of anilines is 1. The van der Waals surface area contributed by atoms with Gasteiger partial charge in [0.25, 0.3) is 0 Å². The van der Waals surface area contributed by atoms with Crippen molar-refractivity contribution in [3.8, 4) is 11.6 Å². The summed E-state index contributed by atoms with van der Waals surface area (Å²) in [6, 6.07) is 9.81. The maximum absolute atomic E-state index is 10.8. The number of carboxylic acid groups (broad SMARTS) is 1. The summed E-state index contributed by atoms with van der Waals surface area (Å²) < 4.78 is 6.35. The van der Waals surface area contributed by atoms with Crippen molar-refractivity contribution in [2.75, 3.05) is 5.73 Å². The Morgan fingerprint density at radius 3 is 2.50 bits per heavy atom. The van der Waals surface area contributed by atoms with E-state index in [1.165, 1.54) is 12.1 Å². The number of nitrogens with zero attached hydrogens (tertiary/aromatic N) is 1. The molecule has 0 saturated heterocycles. The summed E-state index contributed by atoms with van der Waals surface area (Å²) >= 11 is 3.30. The van der Waals surface area contributed by atoms with Crippen LogP contribution in [0.2, 0.25) is 0 Å². The Kier molecular flexibility index (Phi) is 3.47. The minimum atomic E-state index is -1.13. The lowest BCUT2D eigenvalue weighted by Gasteiger charge is -2.07. The number of hydrogen-bond acceptors (Lipinski definition) is 4. The first kappa shape index (κ1) is 12.4. The molecule has 0 atom stereocenters. The zero-order valence-corrected chi connectivity index (χ0v) is 10.7. The number of halogens is 1. The number of pyridine rings is 1. The van der Waals surface area contributed by atoms with Gasteiger partial charge in [-0.3, -0.25) is 0 Å². The lowest BCUT2D eigenvalue weighted by Crippen LogP contribution is -2.03. The van der Waals surface area contributed by atoms with Crippen molar-refractivity contribution in [1.29, 1.82) is 0 Å². The van der Waals surface area contributed by atoms with Crippen molar-refractivity contribution in [2.45, 2.75) is 0 Å². The second kappa shape index (κ2) is 5.05. The van der Waals surface area contributed by atoms with Crippen molar-refractivity contribution in [1.82, 2.24) is 4.98 Å². The standard InChI is InChI=1S/C12H9BrN2O3/c13-7-1-3-8(4-2-7)18-11-9(14)5-6-10(15-11)12(16)17/h1-6H,14H2,(H,16,17). The molecular formula is C12H9BrN2O3. The Balaban J connectivity index is 2.30. The molecule has 0 aliphatic carbocycles. The van der Waals surface area contributed by atoms with Crippen molar-refractivity contribution >= 4 is 27.6 Å². The molecule has 2 aromatic rings. The summed E-state index contributed by atoms with van der Waals surface area (Å²) in [4.78, 5) is 14.6. The van der Waals surface area contributed by atoms with Gasteiger partial charge in [-0.2, -0.15) is 0 Å². The van der Waals surface area contributed by atoms with Gasteiger partial charge in [0, 0.05) is 4.47 Å². The van der Waals surface area contributed by atoms with Gasteiger partial charge >= 0.3 is 5.97 Å². The first-order valence-corrected chi connectivity index (χ1v) is 5.79. The van der Waals surface area contributed by atoms with Crippen LogP contribution < -0.4 is 10.5 Å². The Morgan fingerprint density at radius 2 is 1.89 bits per heavy atom. The van der Waals surface area contributed by atoms with Crippen molar-refractivity contribution in [2.24, 2.45) is 0 Å². The van der Waals surface area contributed by atoms with E-state index in [4.69, 9.17) is 15.6 Å². The average Bonchev–Trinajstić information content (AvgIpc) is 2.34. The second-order valence-electron chi connectivity index (χ2n) is 3.45. The fourth-order valence-electron chi connectivity index (χ4n) is 1.27. The second-order valence-corrected chi connectivity index (χ2v) is 4.37. The molecule has 0 aliphatic rings. The van der Waals surface area contributed by atoms with Gasteiger partial charge in [0.2, 0.25) is 5.88 Å². The van der Waals surface area contributed by atoms with Crippen molar-refractivity contribution < 1.29 is 14.6 Å². The summed E-state index contributed by atoms with van der Waals surface area (Å²) in [5, 5.41) is 8.84.